The normalized spacial score (nSPS) is 15.1. The van der Waals surface area contributed by atoms with Crippen molar-refractivity contribution in [2.24, 2.45) is 0 Å². The van der Waals surface area contributed by atoms with E-state index in [1.165, 1.54) is 4.31 Å². The molecule has 0 aliphatic heterocycles. The van der Waals surface area contributed by atoms with Crippen molar-refractivity contribution >= 4 is 27.3 Å². The Morgan fingerprint density at radius 3 is 2.31 bits per heavy atom. The topological polar surface area (TPSA) is 69.7 Å². The molecule has 1 saturated carbocycles. The molecule has 1 aliphatic rings. The monoisotopic (exact) mass is 381 g/mol. The Hall–Kier alpha value is -1.76. The summed E-state index contributed by atoms with van der Waals surface area (Å²) in [5.41, 5.74) is 2.46. The Morgan fingerprint density at radius 1 is 1.19 bits per heavy atom. The molecule has 0 heterocycles. The van der Waals surface area contributed by atoms with Gasteiger partial charge in [0.1, 0.15) is 6.54 Å². The van der Waals surface area contributed by atoms with Crippen molar-refractivity contribution in [3.8, 4) is 0 Å². The SMILES string of the molecule is CCN(CC)c1ccc(N(CC(=O)NC2CCCC2)S(C)(=O)=O)c(C)c1. The Kier molecular flexibility index (Phi) is 6.92. The molecule has 1 aromatic carbocycles. The molecule has 1 fully saturated rings. The van der Waals surface area contributed by atoms with Crippen LogP contribution in [-0.4, -0.2) is 46.3 Å². The molecular formula is C19H31N3O3S. The summed E-state index contributed by atoms with van der Waals surface area (Å²) < 4.78 is 25.9. The third-order valence-corrected chi connectivity index (χ3v) is 6.11. The smallest absolute Gasteiger partial charge is 0.240 e. The predicted molar refractivity (Wildman–Crippen MR) is 107 cm³/mol. The molecule has 1 N–H and O–H groups in total. The van der Waals surface area contributed by atoms with Gasteiger partial charge in [0.15, 0.2) is 0 Å². The molecule has 0 radical (unpaired) electrons. The van der Waals surface area contributed by atoms with Gasteiger partial charge >= 0.3 is 0 Å². The molecule has 0 spiro atoms. The summed E-state index contributed by atoms with van der Waals surface area (Å²) in [4.78, 5) is 14.6. The van der Waals surface area contributed by atoms with Crippen molar-refractivity contribution in [1.82, 2.24) is 5.32 Å². The molecule has 1 amide bonds. The van der Waals surface area contributed by atoms with E-state index in [0.717, 1.165) is 56.3 Å². The summed E-state index contributed by atoms with van der Waals surface area (Å²) in [5, 5.41) is 2.97. The van der Waals surface area contributed by atoms with Crippen LogP contribution in [0.2, 0.25) is 0 Å². The second-order valence-corrected chi connectivity index (χ2v) is 8.87. The molecule has 7 heteroatoms. The lowest BCUT2D eigenvalue weighted by Crippen LogP contribution is -2.43. The van der Waals surface area contributed by atoms with E-state index >= 15 is 0 Å². The lowest BCUT2D eigenvalue weighted by atomic mass is 10.1. The summed E-state index contributed by atoms with van der Waals surface area (Å²) in [6.07, 6.45) is 5.33. The molecule has 1 aliphatic carbocycles. The molecule has 2 rings (SSSR count). The van der Waals surface area contributed by atoms with Gasteiger partial charge in [-0.25, -0.2) is 8.42 Å². The average Bonchev–Trinajstić information content (AvgIpc) is 3.06. The second kappa shape index (κ2) is 8.75. The van der Waals surface area contributed by atoms with Crippen LogP contribution in [-0.2, 0) is 14.8 Å². The maximum absolute atomic E-state index is 12.4. The number of carbonyl (C=O) groups excluding carboxylic acids is 1. The number of benzene rings is 1. The molecular weight excluding hydrogens is 350 g/mol. The molecule has 0 bridgehead atoms. The first-order valence-corrected chi connectivity index (χ1v) is 11.2. The van der Waals surface area contributed by atoms with E-state index in [1.54, 1.807) is 6.07 Å². The summed E-state index contributed by atoms with van der Waals surface area (Å²) >= 11 is 0. The van der Waals surface area contributed by atoms with Crippen LogP contribution in [0.25, 0.3) is 0 Å². The van der Waals surface area contributed by atoms with Crippen molar-refractivity contribution in [3.63, 3.8) is 0 Å². The predicted octanol–water partition coefficient (Wildman–Crippen LogP) is 2.67. The lowest BCUT2D eigenvalue weighted by molar-refractivity contribution is -0.120. The van der Waals surface area contributed by atoms with Crippen LogP contribution in [0, 0.1) is 6.92 Å². The van der Waals surface area contributed by atoms with Gasteiger partial charge in [-0.2, -0.15) is 0 Å². The Morgan fingerprint density at radius 2 is 1.81 bits per heavy atom. The van der Waals surface area contributed by atoms with Gasteiger partial charge in [-0.15, -0.1) is 0 Å². The molecule has 0 unspecified atom stereocenters. The van der Waals surface area contributed by atoms with Crippen molar-refractivity contribution in [2.45, 2.75) is 52.5 Å². The number of nitrogens with zero attached hydrogens (tertiary/aromatic N) is 2. The van der Waals surface area contributed by atoms with E-state index in [0.29, 0.717) is 5.69 Å². The third-order valence-electron chi connectivity index (χ3n) is 4.99. The molecule has 0 saturated heterocycles. The highest BCUT2D eigenvalue weighted by molar-refractivity contribution is 7.92. The van der Waals surface area contributed by atoms with Crippen molar-refractivity contribution in [1.29, 1.82) is 0 Å². The quantitative estimate of drug-likeness (QED) is 0.752. The van der Waals surface area contributed by atoms with E-state index in [2.05, 4.69) is 24.1 Å². The van der Waals surface area contributed by atoms with Crippen molar-refractivity contribution in [3.05, 3.63) is 23.8 Å². The number of sulfonamides is 1. The van der Waals surface area contributed by atoms with Gasteiger partial charge in [0.25, 0.3) is 0 Å². The summed E-state index contributed by atoms with van der Waals surface area (Å²) in [5.74, 6) is -0.241. The Labute approximate surface area is 157 Å². The van der Waals surface area contributed by atoms with E-state index < -0.39 is 10.0 Å². The average molecular weight is 382 g/mol. The fourth-order valence-electron chi connectivity index (χ4n) is 3.56. The van der Waals surface area contributed by atoms with Gasteiger partial charge in [-0.3, -0.25) is 9.10 Å². The Balaban J connectivity index is 2.22. The lowest BCUT2D eigenvalue weighted by Gasteiger charge is -2.27. The minimum Gasteiger partial charge on any atom is -0.372 e. The van der Waals surface area contributed by atoms with Crippen LogP contribution in [0.1, 0.15) is 45.1 Å². The van der Waals surface area contributed by atoms with Gasteiger partial charge in [-0.05, 0) is 57.4 Å². The zero-order valence-corrected chi connectivity index (χ0v) is 17.1. The second-order valence-electron chi connectivity index (χ2n) is 6.96. The minimum atomic E-state index is -3.55. The zero-order chi connectivity index (χ0) is 19.3. The molecule has 0 atom stereocenters. The summed E-state index contributed by atoms with van der Waals surface area (Å²) in [7, 11) is -3.55. The van der Waals surface area contributed by atoms with E-state index in [-0.39, 0.29) is 18.5 Å². The summed E-state index contributed by atoms with van der Waals surface area (Å²) in [6.45, 7) is 7.64. The summed E-state index contributed by atoms with van der Waals surface area (Å²) in [6, 6.07) is 5.88. The molecule has 146 valence electrons. The highest BCUT2D eigenvalue weighted by atomic mass is 32.2. The van der Waals surface area contributed by atoms with Crippen LogP contribution >= 0.6 is 0 Å². The number of carbonyl (C=O) groups is 1. The van der Waals surface area contributed by atoms with Crippen LogP contribution in [0.15, 0.2) is 18.2 Å². The molecule has 0 aromatic heterocycles. The van der Waals surface area contributed by atoms with Crippen molar-refractivity contribution < 1.29 is 13.2 Å². The van der Waals surface area contributed by atoms with E-state index in [9.17, 15) is 13.2 Å². The number of amides is 1. The maximum atomic E-state index is 12.4. The maximum Gasteiger partial charge on any atom is 0.240 e. The number of nitrogens with one attached hydrogen (secondary N) is 1. The van der Waals surface area contributed by atoms with Crippen molar-refractivity contribution in [2.75, 3.05) is 35.1 Å². The number of rotatable bonds is 8. The van der Waals surface area contributed by atoms with Gasteiger partial charge < -0.3 is 10.2 Å². The van der Waals surface area contributed by atoms with E-state index in [4.69, 9.17) is 0 Å². The highest BCUT2D eigenvalue weighted by Gasteiger charge is 2.25. The van der Waals surface area contributed by atoms with Gasteiger partial charge in [0.05, 0.1) is 11.9 Å². The number of anilines is 2. The van der Waals surface area contributed by atoms with Gasteiger partial charge in [-0.1, -0.05) is 12.8 Å². The molecule has 1 aromatic rings. The van der Waals surface area contributed by atoms with Crippen LogP contribution < -0.4 is 14.5 Å². The fraction of sp³-hybridized carbons (Fsp3) is 0.632. The largest absolute Gasteiger partial charge is 0.372 e. The number of aryl methyl sites for hydroxylation is 1. The van der Waals surface area contributed by atoms with Crippen LogP contribution in [0.3, 0.4) is 0 Å². The fourth-order valence-corrected chi connectivity index (χ4v) is 4.47. The molecule has 26 heavy (non-hydrogen) atoms. The van der Waals surface area contributed by atoms with Crippen LogP contribution in [0.4, 0.5) is 11.4 Å². The Bertz CT molecular complexity index is 724. The van der Waals surface area contributed by atoms with Gasteiger partial charge in [0.2, 0.25) is 15.9 Å². The molecule has 6 nitrogen and oxygen atoms in total. The van der Waals surface area contributed by atoms with Gasteiger partial charge in [0, 0.05) is 24.8 Å². The number of hydrogen-bond acceptors (Lipinski definition) is 4. The third kappa shape index (κ3) is 5.13. The van der Waals surface area contributed by atoms with Crippen LogP contribution in [0.5, 0.6) is 0 Å². The minimum absolute atomic E-state index is 0.176. The first kappa shape index (κ1) is 20.6. The number of hydrogen-bond donors (Lipinski definition) is 1. The standard InChI is InChI=1S/C19H31N3O3S/c1-5-21(6-2)17-11-12-18(15(3)13-17)22(26(4,24)25)14-19(23)20-16-9-7-8-10-16/h11-13,16H,5-10,14H2,1-4H3,(H,20,23). The highest BCUT2D eigenvalue weighted by Crippen LogP contribution is 2.27. The zero-order valence-electron chi connectivity index (χ0n) is 16.3. The first-order chi connectivity index (χ1) is 12.3. The van der Waals surface area contributed by atoms with E-state index in [1.807, 2.05) is 19.1 Å². The first-order valence-electron chi connectivity index (χ1n) is 9.39.